The van der Waals surface area contributed by atoms with Gasteiger partial charge in [-0.2, -0.15) is 0 Å². The molecule has 0 aliphatic rings. The number of benzene rings is 1. The van der Waals surface area contributed by atoms with Crippen LogP contribution in [-0.2, 0) is 6.42 Å². The highest BCUT2D eigenvalue weighted by molar-refractivity contribution is 5.63. The average Bonchev–Trinajstić information content (AvgIpc) is 2.47. The molecule has 0 aliphatic carbocycles. The SMILES string of the molecule is CCC(N)Cc1ccc(N(C)c2ccc(C)cc2C)nc1. The summed E-state index contributed by atoms with van der Waals surface area (Å²) in [4.78, 5) is 6.70. The number of nitrogens with zero attached hydrogens (tertiary/aromatic N) is 2. The van der Waals surface area contributed by atoms with Crippen LogP contribution < -0.4 is 10.6 Å². The third kappa shape index (κ3) is 3.82. The number of nitrogens with two attached hydrogens (primary N) is 1. The Balaban J connectivity index is 2.17. The van der Waals surface area contributed by atoms with Gasteiger partial charge < -0.3 is 10.6 Å². The molecule has 0 saturated carbocycles. The maximum atomic E-state index is 5.99. The van der Waals surface area contributed by atoms with Crippen molar-refractivity contribution >= 4 is 11.5 Å². The molecule has 0 spiro atoms. The molecule has 0 radical (unpaired) electrons. The zero-order chi connectivity index (χ0) is 15.4. The van der Waals surface area contributed by atoms with E-state index >= 15 is 0 Å². The fraction of sp³-hybridized carbons (Fsp3) is 0.389. The summed E-state index contributed by atoms with van der Waals surface area (Å²) in [5, 5.41) is 0. The lowest BCUT2D eigenvalue weighted by Crippen LogP contribution is -2.21. The van der Waals surface area contributed by atoms with Gasteiger partial charge in [0.05, 0.1) is 0 Å². The lowest BCUT2D eigenvalue weighted by atomic mass is 10.1. The number of pyridine rings is 1. The van der Waals surface area contributed by atoms with Crippen LogP contribution in [0.3, 0.4) is 0 Å². The summed E-state index contributed by atoms with van der Waals surface area (Å²) in [6, 6.07) is 10.9. The second-order valence-electron chi connectivity index (χ2n) is 5.75. The standard InChI is InChI=1S/C18H25N3/c1-5-16(19)11-15-7-9-18(20-12-15)21(4)17-8-6-13(2)10-14(17)3/h6-10,12,16H,5,11,19H2,1-4H3. The Morgan fingerprint density at radius 2 is 1.95 bits per heavy atom. The highest BCUT2D eigenvalue weighted by atomic mass is 15.2. The van der Waals surface area contributed by atoms with Gasteiger partial charge in [0, 0.05) is 25.0 Å². The summed E-state index contributed by atoms with van der Waals surface area (Å²) in [6.45, 7) is 6.36. The van der Waals surface area contributed by atoms with Crippen LogP contribution in [0.25, 0.3) is 0 Å². The van der Waals surface area contributed by atoms with Crippen molar-refractivity contribution in [3.63, 3.8) is 0 Å². The number of hydrogen-bond acceptors (Lipinski definition) is 3. The third-order valence-electron chi connectivity index (χ3n) is 3.89. The predicted molar refractivity (Wildman–Crippen MR) is 90.2 cm³/mol. The average molecular weight is 283 g/mol. The fourth-order valence-corrected chi connectivity index (χ4v) is 2.49. The quantitative estimate of drug-likeness (QED) is 0.908. The van der Waals surface area contributed by atoms with Gasteiger partial charge in [-0.1, -0.05) is 30.7 Å². The Hall–Kier alpha value is -1.87. The highest BCUT2D eigenvalue weighted by Crippen LogP contribution is 2.26. The molecular weight excluding hydrogens is 258 g/mol. The Bertz CT molecular complexity index is 590. The summed E-state index contributed by atoms with van der Waals surface area (Å²) < 4.78 is 0. The van der Waals surface area contributed by atoms with Crippen LogP contribution in [-0.4, -0.2) is 18.1 Å². The van der Waals surface area contributed by atoms with Gasteiger partial charge in [0.25, 0.3) is 0 Å². The van der Waals surface area contributed by atoms with Crippen molar-refractivity contribution in [3.05, 3.63) is 53.2 Å². The largest absolute Gasteiger partial charge is 0.329 e. The monoisotopic (exact) mass is 283 g/mol. The molecule has 0 saturated heterocycles. The van der Waals surface area contributed by atoms with E-state index < -0.39 is 0 Å². The van der Waals surface area contributed by atoms with Crippen molar-refractivity contribution in [2.75, 3.05) is 11.9 Å². The summed E-state index contributed by atoms with van der Waals surface area (Å²) in [5.74, 6) is 0.954. The Morgan fingerprint density at radius 1 is 1.19 bits per heavy atom. The van der Waals surface area contributed by atoms with Gasteiger partial charge in [-0.25, -0.2) is 4.98 Å². The number of hydrogen-bond donors (Lipinski definition) is 1. The van der Waals surface area contributed by atoms with E-state index in [1.54, 1.807) is 0 Å². The first-order valence-electron chi connectivity index (χ1n) is 7.52. The molecule has 2 N–H and O–H groups in total. The molecule has 0 amide bonds. The van der Waals surface area contributed by atoms with Gasteiger partial charge in [-0.05, 0) is 49.9 Å². The first-order valence-corrected chi connectivity index (χ1v) is 7.52. The number of rotatable bonds is 5. The molecule has 3 heteroatoms. The Morgan fingerprint density at radius 3 is 2.52 bits per heavy atom. The van der Waals surface area contributed by atoms with E-state index in [9.17, 15) is 0 Å². The number of anilines is 2. The van der Waals surface area contributed by atoms with Crippen molar-refractivity contribution in [1.82, 2.24) is 4.98 Å². The second kappa shape index (κ2) is 6.72. The Labute approximate surface area is 127 Å². The van der Waals surface area contributed by atoms with Crippen molar-refractivity contribution in [3.8, 4) is 0 Å². The van der Waals surface area contributed by atoms with Crippen LogP contribution in [0.15, 0.2) is 36.5 Å². The maximum Gasteiger partial charge on any atom is 0.132 e. The maximum absolute atomic E-state index is 5.99. The molecule has 1 aromatic carbocycles. The molecule has 1 unspecified atom stereocenters. The van der Waals surface area contributed by atoms with Gasteiger partial charge in [0.2, 0.25) is 0 Å². The van der Waals surface area contributed by atoms with Crippen molar-refractivity contribution in [2.45, 2.75) is 39.7 Å². The lowest BCUT2D eigenvalue weighted by Gasteiger charge is -2.21. The van der Waals surface area contributed by atoms with Gasteiger partial charge in [-0.3, -0.25) is 0 Å². The van der Waals surface area contributed by atoms with Crippen LogP contribution in [0.5, 0.6) is 0 Å². The first kappa shape index (κ1) is 15.5. The molecular formula is C18H25N3. The summed E-state index contributed by atoms with van der Waals surface area (Å²) in [7, 11) is 2.05. The zero-order valence-corrected chi connectivity index (χ0v) is 13.4. The molecule has 21 heavy (non-hydrogen) atoms. The van der Waals surface area contributed by atoms with Crippen LogP contribution in [0.2, 0.25) is 0 Å². The molecule has 0 aliphatic heterocycles. The van der Waals surface area contributed by atoms with Crippen molar-refractivity contribution in [2.24, 2.45) is 5.73 Å². The van der Waals surface area contributed by atoms with Gasteiger partial charge in [0.1, 0.15) is 5.82 Å². The molecule has 1 heterocycles. The minimum absolute atomic E-state index is 0.217. The van der Waals surface area contributed by atoms with Crippen molar-refractivity contribution < 1.29 is 0 Å². The van der Waals surface area contributed by atoms with E-state index in [2.05, 4.69) is 68.0 Å². The van der Waals surface area contributed by atoms with Crippen LogP contribution in [0.1, 0.15) is 30.0 Å². The van der Waals surface area contributed by atoms with Gasteiger partial charge >= 0.3 is 0 Å². The lowest BCUT2D eigenvalue weighted by molar-refractivity contribution is 0.645. The van der Waals surface area contributed by atoms with Gasteiger partial charge in [-0.15, -0.1) is 0 Å². The van der Waals surface area contributed by atoms with Crippen LogP contribution >= 0.6 is 0 Å². The van der Waals surface area contributed by atoms with Crippen molar-refractivity contribution in [1.29, 1.82) is 0 Å². The van der Waals surface area contributed by atoms with E-state index in [1.165, 1.54) is 22.4 Å². The van der Waals surface area contributed by atoms with E-state index in [-0.39, 0.29) is 6.04 Å². The topological polar surface area (TPSA) is 42.1 Å². The van der Waals surface area contributed by atoms with E-state index in [1.807, 2.05) is 6.20 Å². The predicted octanol–water partition coefficient (Wildman–Crippen LogP) is 3.75. The zero-order valence-electron chi connectivity index (χ0n) is 13.4. The second-order valence-corrected chi connectivity index (χ2v) is 5.75. The summed E-state index contributed by atoms with van der Waals surface area (Å²) in [5.41, 5.74) is 10.9. The van der Waals surface area contributed by atoms with Gasteiger partial charge in [0.15, 0.2) is 0 Å². The minimum Gasteiger partial charge on any atom is -0.329 e. The summed E-state index contributed by atoms with van der Waals surface area (Å²) >= 11 is 0. The molecule has 2 rings (SSSR count). The highest BCUT2D eigenvalue weighted by Gasteiger charge is 2.09. The van der Waals surface area contributed by atoms with E-state index in [0.717, 1.165) is 18.7 Å². The van der Waals surface area contributed by atoms with Crippen LogP contribution in [0, 0.1) is 13.8 Å². The third-order valence-corrected chi connectivity index (χ3v) is 3.89. The molecule has 0 fully saturated rings. The molecule has 2 aromatic rings. The first-order chi connectivity index (χ1) is 10.0. The number of aryl methyl sites for hydroxylation is 2. The Kier molecular flexibility index (Phi) is 4.97. The minimum atomic E-state index is 0.217. The smallest absolute Gasteiger partial charge is 0.132 e. The fourth-order valence-electron chi connectivity index (χ4n) is 2.49. The molecule has 1 aromatic heterocycles. The van der Waals surface area contributed by atoms with E-state index in [4.69, 9.17) is 5.73 Å². The molecule has 3 nitrogen and oxygen atoms in total. The number of aromatic nitrogens is 1. The molecule has 0 bridgehead atoms. The molecule has 1 atom stereocenters. The molecule has 112 valence electrons. The normalized spacial score (nSPS) is 12.2. The summed E-state index contributed by atoms with van der Waals surface area (Å²) in [6.07, 6.45) is 3.81. The van der Waals surface area contributed by atoms with E-state index in [0.29, 0.717) is 0 Å². The van der Waals surface area contributed by atoms with Crippen LogP contribution in [0.4, 0.5) is 11.5 Å².